The highest BCUT2D eigenvalue weighted by atomic mass is 19.1. The van der Waals surface area contributed by atoms with Gasteiger partial charge in [0.05, 0.1) is 0 Å². The molecule has 22 heavy (non-hydrogen) atoms. The van der Waals surface area contributed by atoms with Crippen molar-refractivity contribution in [1.29, 1.82) is 0 Å². The predicted octanol–water partition coefficient (Wildman–Crippen LogP) is 0.694. The summed E-state index contributed by atoms with van der Waals surface area (Å²) < 4.78 is 29.3. The second-order valence-corrected chi connectivity index (χ2v) is 5.00. The van der Waals surface area contributed by atoms with Gasteiger partial charge in [-0.25, -0.2) is 13.6 Å². The van der Waals surface area contributed by atoms with Gasteiger partial charge in [-0.2, -0.15) is 0 Å². The minimum absolute atomic E-state index is 0.0212. The molecule has 0 aliphatic carbocycles. The molecule has 1 aromatic carbocycles. The molecule has 0 bridgehead atoms. The molecular weight excluding hydrogens is 292 g/mol. The molecule has 0 aliphatic rings. The van der Waals surface area contributed by atoms with Crippen LogP contribution in [-0.4, -0.2) is 15.7 Å². The Morgan fingerprint density at radius 1 is 1.09 bits per heavy atom. The number of halogens is 2. The van der Waals surface area contributed by atoms with Crippen molar-refractivity contribution in [2.24, 2.45) is 14.1 Å². The monoisotopic (exact) mass is 309 g/mol. The van der Waals surface area contributed by atoms with E-state index in [0.29, 0.717) is 12.2 Å². The first-order chi connectivity index (χ1) is 10.4. The van der Waals surface area contributed by atoms with Crippen LogP contribution in [0.2, 0.25) is 0 Å². The maximum absolute atomic E-state index is 13.5. The molecule has 118 valence electrons. The second kappa shape index (κ2) is 6.65. The standard InChI is InChI=1S/C15H17F2N3O2/c1-19-10(8-14(21)20(2)15(19)22)9-18-7-6-11-12(16)4-3-5-13(11)17/h3-5,8,18H,6-7,9H2,1-2H3. The van der Waals surface area contributed by atoms with Crippen LogP contribution >= 0.6 is 0 Å². The number of hydrogen-bond acceptors (Lipinski definition) is 3. The normalized spacial score (nSPS) is 10.9. The van der Waals surface area contributed by atoms with E-state index in [9.17, 15) is 18.4 Å². The van der Waals surface area contributed by atoms with Gasteiger partial charge in [0, 0.05) is 38.0 Å². The lowest BCUT2D eigenvalue weighted by molar-refractivity contribution is 0.541. The molecule has 0 unspecified atom stereocenters. The molecule has 2 rings (SSSR count). The van der Waals surface area contributed by atoms with Crippen LogP contribution in [0.3, 0.4) is 0 Å². The highest BCUT2D eigenvalue weighted by Gasteiger charge is 2.08. The Hall–Kier alpha value is -2.28. The van der Waals surface area contributed by atoms with Crippen molar-refractivity contribution < 1.29 is 8.78 Å². The lowest BCUT2D eigenvalue weighted by Gasteiger charge is -2.11. The summed E-state index contributed by atoms with van der Waals surface area (Å²) in [6.07, 6.45) is 0.178. The summed E-state index contributed by atoms with van der Waals surface area (Å²) in [6, 6.07) is 5.10. The number of nitrogens with zero attached hydrogens (tertiary/aromatic N) is 2. The Labute approximate surface area is 125 Å². The Bertz CT molecular complexity index is 776. The Morgan fingerprint density at radius 3 is 2.36 bits per heavy atom. The topological polar surface area (TPSA) is 56.0 Å². The first-order valence-corrected chi connectivity index (χ1v) is 6.81. The summed E-state index contributed by atoms with van der Waals surface area (Å²) in [7, 11) is 2.97. The van der Waals surface area contributed by atoms with Gasteiger partial charge in [-0.05, 0) is 25.1 Å². The minimum atomic E-state index is -0.581. The fourth-order valence-corrected chi connectivity index (χ4v) is 2.15. The zero-order valence-corrected chi connectivity index (χ0v) is 12.4. The fourth-order valence-electron chi connectivity index (χ4n) is 2.15. The molecular formula is C15H17F2N3O2. The number of hydrogen-bond donors (Lipinski definition) is 1. The summed E-state index contributed by atoms with van der Waals surface area (Å²) in [6.45, 7) is 0.582. The Kier molecular flexibility index (Phi) is 4.87. The van der Waals surface area contributed by atoms with Gasteiger partial charge in [-0.3, -0.25) is 13.9 Å². The third-order valence-electron chi connectivity index (χ3n) is 3.54. The van der Waals surface area contributed by atoms with Crippen LogP contribution < -0.4 is 16.6 Å². The van der Waals surface area contributed by atoms with E-state index in [4.69, 9.17) is 0 Å². The highest BCUT2D eigenvalue weighted by molar-refractivity contribution is 5.19. The van der Waals surface area contributed by atoms with Crippen LogP contribution in [0.4, 0.5) is 8.78 Å². The quantitative estimate of drug-likeness (QED) is 0.827. The first kappa shape index (κ1) is 16.1. The van der Waals surface area contributed by atoms with Crippen molar-refractivity contribution in [1.82, 2.24) is 14.5 Å². The average molecular weight is 309 g/mol. The molecule has 2 aromatic rings. The third kappa shape index (κ3) is 3.30. The van der Waals surface area contributed by atoms with E-state index in [1.807, 2.05) is 0 Å². The van der Waals surface area contributed by atoms with Crippen LogP contribution in [0.15, 0.2) is 33.9 Å². The van der Waals surface area contributed by atoms with E-state index in [1.54, 1.807) is 7.05 Å². The molecule has 0 fully saturated rings. The molecule has 0 aliphatic heterocycles. The van der Waals surface area contributed by atoms with Gasteiger partial charge >= 0.3 is 5.69 Å². The first-order valence-electron chi connectivity index (χ1n) is 6.81. The van der Waals surface area contributed by atoms with Crippen LogP contribution in [0, 0.1) is 11.6 Å². The van der Waals surface area contributed by atoms with E-state index in [0.717, 1.165) is 4.57 Å². The highest BCUT2D eigenvalue weighted by Crippen LogP contribution is 2.12. The third-order valence-corrected chi connectivity index (χ3v) is 3.54. The number of benzene rings is 1. The van der Waals surface area contributed by atoms with E-state index >= 15 is 0 Å². The summed E-state index contributed by atoms with van der Waals surface area (Å²) in [5.41, 5.74) is -0.264. The molecule has 0 saturated heterocycles. The van der Waals surface area contributed by atoms with Crippen LogP contribution in [0.5, 0.6) is 0 Å². The van der Waals surface area contributed by atoms with Crippen molar-refractivity contribution in [3.63, 3.8) is 0 Å². The average Bonchev–Trinajstić information content (AvgIpc) is 2.48. The minimum Gasteiger partial charge on any atom is -0.311 e. The molecule has 1 N–H and O–H groups in total. The molecule has 7 heteroatoms. The summed E-state index contributed by atoms with van der Waals surface area (Å²) in [5, 5.41) is 2.98. The largest absolute Gasteiger partial charge is 0.330 e. The lowest BCUT2D eigenvalue weighted by atomic mass is 10.1. The SMILES string of the molecule is Cn1c(CNCCc2c(F)cccc2F)cc(=O)n(C)c1=O. The maximum Gasteiger partial charge on any atom is 0.330 e. The maximum atomic E-state index is 13.5. The molecule has 0 amide bonds. The van der Waals surface area contributed by atoms with Crippen molar-refractivity contribution >= 4 is 0 Å². The fraction of sp³-hybridized carbons (Fsp3) is 0.333. The molecule has 0 atom stereocenters. The zero-order valence-electron chi connectivity index (χ0n) is 12.4. The van der Waals surface area contributed by atoms with Gasteiger partial charge in [-0.15, -0.1) is 0 Å². The van der Waals surface area contributed by atoms with Gasteiger partial charge < -0.3 is 5.32 Å². The van der Waals surface area contributed by atoms with Crippen molar-refractivity contribution in [3.05, 3.63) is 68.0 Å². The van der Waals surface area contributed by atoms with Gasteiger partial charge in [0.25, 0.3) is 5.56 Å². The predicted molar refractivity (Wildman–Crippen MR) is 78.7 cm³/mol. The molecule has 0 radical (unpaired) electrons. The van der Waals surface area contributed by atoms with E-state index < -0.39 is 17.3 Å². The second-order valence-electron chi connectivity index (χ2n) is 5.00. The van der Waals surface area contributed by atoms with E-state index in [-0.39, 0.29) is 24.1 Å². The van der Waals surface area contributed by atoms with Crippen molar-refractivity contribution in [3.8, 4) is 0 Å². The Morgan fingerprint density at radius 2 is 1.73 bits per heavy atom. The number of aromatic nitrogens is 2. The van der Waals surface area contributed by atoms with Gasteiger partial charge in [-0.1, -0.05) is 6.07 Å². The van der Waals surface area contributed by atoms with Crippen molar-refractivity contribution in [2.45, 2.75) is 13.0 Å². The van der Waals surface area contributed by atoms with Crippen LogP contribution in [0.25, 0.3) is 0 Å². The van der Waals surface area contributed by atoms with Gasteiger partial charge in [0.2, 0.25) is 0 Å². The summed E-state index contributed by atoms with van der Waals surface area (Å²) in [5.74, 6) is -1.16. The molecule has 1 heterocycles. The molecule has 1 aromatic heterocycles. The summed E-state index contributed by atoms with van der Waals surface area (Å²) >= 11 is 0. The molecule has 5 nitrogen and oxygen atoms in total. The lowest BCUT2D eigenvalue weighted by Crippen LogP contribution is -2.39. The Balaban J connectivity index is 2.01. The van der Waals surface area contributed by atoms with E-state index in [2.05, 4.69) is 5.32 Å². The van der Waals surface area contributed by atoms with E-state index in [1.165, 1.54) is 35.9 Å². The molecule has 0 spiro atoms. The van der Waals surface area contributed by atoms with Gasteiger partial charge in [0.1, 0.15) is 11.6 Å². The van der Waals surface area contributed by atoms with Gasteiger partial charge in [0.15, 0.2) is 0 Å². The summed E-state index contributed by atoms with van der Waals surface area (Å²) in [4.78, 5) is 23.3. The smallest absolute Gasteiger partial charge is 0.311 e. The van der Waals surface area contributed by atoms with Crippen LogP contribution in [0.1, 0.15) is 11.3 Å². The van der Waals surface area contributed by atoms with Crippen LogP contribution in [-0.2, 0) is 27.1 Å². The molecule has 0 saturated carbocycles. The van der Waals surface area contributed by atoms with Crippen molar-refractivity contribution in [2.75, 3.05) is 6.54 Å². The zero-order chi connectivity index (χ0) is 16.3. The number of nitrogens with one attached hydrogen (secondary N) is 1. The number of rotatable bonds is 5.